The lowest BCUT2D eigenvalue weighted by Crippen LogP contribution is -2.43. The Morgan fingerprint density at radius 1 is 1.11 bits per heavy atom. The minimum absolute atomic E-state index is 0.250. The van der Waals surface area contributed by atoms with Crippen molar-refractivity contribution in [2.75, 3.05) is 54.5 Å². The molecule has 2 fully saturated rings. The molecule has 27 heavy (non-hydrogen) atoms. The van der Waals surface area contributed by atoms with Gasteiger partial charge in [0, 0.05) is 44.6 Å². The summed E-state index contributed by atoms with van der Waals surface area (Å²) < 4.78 is 5.40. The van der Waals surface area contributed by atoms with Crippen molar-refractivity contribution >= 4 is 17.6 Å². The van der Waals surface area contributed by atoms with E-state index in [1.54, 1.807) is 18.5 Å². The molecule has 4 rings (SSSR count). The number of pyridine rings is 1. The minimum atomic E-state index is 0.250. The predicted molar refractivity (Wildman–Crippen MR) is 103 cm³/mol. The minimum Gasteiger partial charge on any atom is -0.378 e. The van der Waals surface area contributed by atoms with Crippen LogP contribution in [-0.4, -0.2) is 60.4 Å². The predicted octanol–water partition coefficient (Wildman–Crippen LogP) is 1.66. The summed E-state index contributed by atoms with van der Waals surface area (Å²) in [5.41, 5.74) is 0.620. The molecule has 1 N–H and O–H groups in total. The number of anilines is 3. The van der Waals surface area contributed by atoms with Crippen LogP contribution in [0.2, 0.25) is 0 Å². The third-order valence-electron chi connectivity index (χ3n) is 4.92. The number of ether oxygens (including phenoxy) is 1. The van der Waals surface area contributed by atoms with Crippen LogP contribution in [0.1, 0.15) is 18.4 Å². The van der Waals surface area contributed by atoms with Crippen LogP contribution in [-0.2, 0) is 4.74 Å². The van der Waals surface area contributed by atoms with Crippen LogP contribution in [0, 0.1) is 11.3 Å². The van der Waals surface area contributed by atoms with Gasteiger partial charge in [0.25, 0.3) is 0 Å². The fourth-order valence-electron chi connectivity index (χ4n) is 3.58. The second-order valence-electron chi connectivity index (χ2n) is 6.76. The van der Waals surface area contributed by atoms with Crippen LogP contribution < -0.4 is 15.1 Å². The number of rotatable bonds is 4. The molecule has 0 bridgehead atoms. The molecule has 0 amide bonds. The maximum atomic E-state index is 9.34. The zero-order valence-electron chi connectivity index (χ0n) is 15.2. The summed E-state index contributed by atoms with van der Waals surface area (Å²) in [5, 5.41) is 12.9. The van der Waals surface area contributed by atoms with E-state index >= 15 is 0 Å². The molecule has 8 heteroatoms. The van der Waals surface area contributed by atoms with Crippen molar-refractivity contribution in [3.05, 3.63) is 36.2 Å². The summed E-state index contributed by atoms with van der Waals surface area (Å²) in [4.78, 5) is 17.8. The van der Waals surface area contributed by atoms with Gasteiger partial charge in [-0.2, -0.15) is 10.2 Å². The summed E-state index contributed by atoms with van der Waals surface area (Å²) in [6, 6.07) is 8.02. The van der Waals surface area contributed by atoms with Gasteiger partial charge in [-0.05, 0) is 31.0 Å². The highest BCUT2D eigenvalue weighted by atomic mass is 16.5. The Hall–Kier alpha value is -2.92. The van der Waals surface area contributed by atoms with Gasteiger partial charge in [-0.25, -0.2) is 9.97 Å². The highest BCUT2D eigenvalue weighted by Crippen LogP contribution is 2.23. The molecule has 2 aromatic rings. The van der Waals surface area contributed by atoms with E-state index in [2.05, 4.69) is 36.1 Å². The monoisotopic (exact) mass is 365 g/mol. The Labute approximate surface area is 158 Å². The van der Waals surface area contributed by atoms with E-state index in [0.717, 1.165) is 56.6 Å². The molecule has 0 spiro atoms. The topological polar surface area (TPSA) is 90.2 Å². The van der Waals surface area contributed by atoms with Crippen molar-refractivity contribution in [1.82, 2.24) is 15.0 Å². The molecule has 0 aromatic carbocycles. The first-order valence-corrected chi connectivity index (χ1v) is 9.36. The van der Waals surface area contributed by atoms with Crippen molar-refractivity contribution in [3.8, 4) is 6.07 Å². The zero-order valence-corrected chi connectivity index (χ0v) is 15.2. The Balaban J connectivity index is 1.44. The van der Waals surface area contributed by atoms with Gasteiger partial charge in [-0.3, -0.25) is 0 Å². The molecule has 2 aromatic heterocycles. The molecule has 0 saturated carbocycles. The molecule has 4 heterocycles. The van der Waals surface area contributed by atoms with E-state index in [0.29, 0.717) is 18.8 Å². The largest absolute Gasteiger partial charge is 0.378 e. The van der Waals surface area contributed by atoms with Crippen LogP contribution >= 0.6 is 0 Å². The van der Waals surface area contributed by atoms with E-state index in [1.165, 1.54) is 0 Å². The van der Waals surface area contributed by atoms with E-state index in [4.69, 9.17) is 4.74 Å². The second kappa shape index (κ2) is 8.18. The zero-order chi connectivity index (χ0) is 18.5. The van der Waals surface area contributed by atoms with Crippen LogP contribution in [0.4, 0.5) is 17.6 Å². The van der Waals surface area contributed by atoms with Crippen LogP contribution in [0.25, 0.3) is 0 Å². The van der Waals surface area contributed by atoms with Crippen molar-refractivity contribution in [3.63, 3.8) is 0 Å². The van der Waals surface area contributed by atoms with Crippen LogP contribution in [0.5, 0.6) is 0 Å². The number of aromatic nitrogens is 3. The number of nitrogens with zero attached hydrogens (tertiary/aromatic N) is 6. The molecular weight excluding hydrogens is 342 g/mol. The molecule has 0 radical (unpaired) electrons. The first-order chi connectivity index (χ1) is 13.3. The van der Waals surface area contributed by atoms with Gasteiger partial charge < -0.3 is 19.9 Å². The first kappa shape index (κ1) is 17.5. The Morgan fingerprint density at radius 2 is 2.00 bits per heavy atom. The number of nitrogens with one attached hydrogen (secondary N) is 1. The highest BCUT2D eigenvalue weighted by molar-refractivity contribution is 5.54. The van der Waals surface area contributed by atoms with Crippen molar-refractivity contribution in [2.45, 2.75) is 18.9 Å². The maximum absolute atomic E-state index is 9.34. The molecular formula is C19H23N7O. The standard InChI is InChI=1S/C19H23N7O/c20-13-15-3-1-6-21-18(15)26-8-2-4-16(14-26)23-17-5-7-22-19(24-17)25-9-11-27-12-10-25/h1,3,5-7,16H,2,4,8-12,14H2,(H,22,23,24). The lowest BCUT2D eigenvalue weighted by atomic mass is 10.0. The van der Waals surface area contributed by atoms with E-state index in [1.807, 2.05) is 12.1 Å². The molecule has 2 saturated heterocycles. The van der Waals surface area contributed by atoms with E-state index in [-0.39, 0.29) is 6.04 Å². The second-order valence-corrected chi connectivity index (χ2v) is 6.76. The lowest BCUT2D eigenvalue weighted by Gasteiger charge is -2.34. The normalized spacial score (nSPS) is 20.2. The number of piperidine rings is 1. The average molecular weight is 365 g/mol. The smallest absolute Gasteiger partial charge is 0.227 e. The van der Waals surface area contributed by atoms with Gasteiger partial charge in [0.1, 0.15) is 17.7 Å². The molecule has 2 aliphatic rings. The van der Waals surface area contributed by atoms with E-state index < -0.39 is 0 Å². The van der Waals surface area contributed by atoms with Gasteiger partial charge in [0.05, 0.1) is 18.8 Å². The summed E-state index contributed by atoms with van der Waals surface area (Å²) >= 11 is 0. The molecule has 2 aliphatic heterocycles. The quantitative estimate of drug-likeness (QED) is 0.875. The van der Waals surface area contributed by atoms with Gasteiger partial charge in [-0.15, -0.1) is 0 Å². The van der Waals surface area contributed by atoms with Gasteiger partial charge >= 0.3 is 0 Å². The number of nitriles is 1. The Kier molecular flexibility index (Phi) is 5.30. The fourth-order valence-corrected chi connectivity index (χ4v) is 3.58. The number of morpholine rings is 1. The Bertz CT molecular complexity index is 816. The number of hydrogen-bond acceptors (Lipinski definition) is 8. The van der Waals surface area contributed by atoms with Gasteiger partial charge in [0.15, 0.2) is 0 Å². The lowest BCUT2D eigenvalue weighted by molar-refractivity contribution is 0.122. The molecule has 8 nitrogen and oxygen atoms in total. The molecule has 1 unspecified atom stereocenters. The van der Waals surface area contributed by atoms with Crippen molar-refractivity contribution < 1.29 is 4.74 Å². The van der Waals surface area contributed by atoms with Crippen LogP contribution in [0.3, 0.4) is 0 Å². The van der Waals surface area contributed by atoms with Crippen LogP contribution in [0.15, 0.2) is 30.6 Å². The molecule has 0 aliphatic carbocycles. The summed E-state index contributed by atoms with van der Waals surface area (Å²) in [6.45, 7) is 4.76. The summed E-state index contributed by atoms with van der Waals surface area (Å²) in [6.07, 6.45) is 5.64. The Morgan fingerprint density at radius 3 is 2.85 bits per heavy atom. The third kappa shape index (κ3) is 4.09. The molecule has 1 atom stereocenters. The maximum Gasteiger partial charge on any atom is 0.227 e. The fraction of sp³-hybridized carbons (Fsp3) is 0.474. The molecule has 140 valence electrons. The average Bonchev–Trinajstić information content (AvgIpc) is 2.75. The highest BCUT2D eigenvalue weighted by Gasteiger charge is 2.23. The van der Waals surface area contributed by atoms with E-state index in [9.17, 15) is 5.26 Å². The van der Waals surface area contributed by atoms with Crippen molar-refractivity contribution in [2.24, 2.45) is 0 Å². The van der Waals surface area contributed by atoms with Gasteiger partial charge in [0.2, 0.25) is 5.95 Å². The SMILES string of the molecule is N#Cc1cccnc1N1CCCC(Nc2ccnc(N3CCOCC3)n2)C1. The van der Waals surface area contributed by atoms with Gasteiger partial charge in [-0.1, -0.05) is 0 Å². The number of hydrogen-bond donors (Lipinski definition) is 1. The first-order valence-electron chi connectivity index (χ1n) is 9.36. The summed E-state index contributed by atoms with van der Waals surface area (Å²) in [7, 11) is 0. The van der Waals surface area contributed by atoms with Crippen molar-refractivity contribution in [1.29, 1.82) is 5.26 Å². The third-order valence-corrected chi connectivity index (χ3v) is 4.92. The summed E-state index contributed by atoms with van der Waals surface area (Å²) in [5.74, 6) is 2.34.